The Balaban J connectivity index is 1.74. The van der Waals surface area contributed by atoms with Gasteiger partial charge in [-0.25, -0.2) is 4.98 Å². The molecule has 3 nitrogen and oxygen atoms in total. The van der Waals surface area contributed by atoms with Gasteiger partial charge in [-0.1, -0.05) is 90.6 Å². The summed E-state index contributed by atoms with van der Waals surface area (Å²) in [5, 5.41) is 0.999. The highest BCUT2D eigenvalue weighted by atomic mass is 32.2. The first kappa shape index (κ1) is 17.3. The average Bonchev–Trinajstić information content (AvgIpc) is 3.52. The maximum absolute atomic E-state index is 5.42. The summed E-state index contributed by atoms with van der Waals surface area (Å²) < 4.78 is 7.71. The summed E-state index contributed by atoms with van der Waals surface area (Å²) in [4.78, 5) is 5.10. The zero-order chi connectivity index (χ0) is 18.8. The molecule has 0 bridgehead atoms. The van der Waals surface area contributed by atoms with Gasteiger partial charge in [0.25, 0.3) is 0 Å². The molecule has 5 rings (SSSR count). The molecule has 1 atom stereocenters. The van der Waals surface area contributed by atoms with E-state index >= 15 is 0 Å². The van der Waals surface area contributed by atoms with Gasteiger partial charge in [0.15, 0.2) is 5.16 Å². The van der Waals surface area contributed by atoms with Gasteiger partial charge in [0.05, 0.1) is 24.1 Å². The van der Waals surface area contributed by atoms with Crippen molar-refractivity contribution >= 4 is 11.8 Å². The molecule has 1 aliphatic rings. The molecule has 1 fully saturated rings. The fraction of sp³-hybridized carbons (Fsp3) is 0.125. The van der Waals surface area contributed by atoms with Gasteiger partial charge < -0.3 is 4.74 Å². The standard InChI is InChI=1S/C24H20N2OS/c1-4-10-18(11-5-1)22-23(19-12-6-2-7-13-19)26(20-14-8-3-9-15-20)24(25-22)28-17-21-16-27-21/h1-15,21H,16-17H2. The second-order valence-electron chi connectivity index (χ2n) is 6.76. The SMILES string of the molecule is c1ccc(-c2nc(SCC3CO3)n(-c3ccccc3)c2-c2ccccc2)cc1. The smallest absolute Gasteiger partial charge is 0.173 e. The molecule has 1 aromatic heterocycles. The Kier molecular flexibility index (Phi) is 4.73. The molecular weight excluding hydrogens is 364 g/mol. The molecule has 28 heavy (non-hydrogen) atoms. The van der Waals surface area contributed by atoms with Crippen molar-refractivity contribution in [3.63, 3.8) is 0 Å². The molecule has 2 heterocycles. The number of ether oxygens (including phenoxy) is 1. The van der Waals surface area contributed by atoms with Gasteiger partial charge >= 0.3 is 0 Å². The van der Waals surface area contributed by atoms with Crippen LogP contribution in [0, 0.1) is 0 Å². The summed E-state index contributed by atoms with van der Waals surface area (Å²) in [5.74, 6) is 0.923. The van der Waals surface area contributed by atoms with Crippen LogP contribution in [0.15, 0.2) is 96.2 Å². The Morgan fingerprint density at radius 1 is 0.821 bits per heavy atom. The number of hydrogen-bond acceptors (Lipinski definition) is 3. The minimum absolute atomic E-state index is 0.353. The van der Waals surface area contributed by atoms with Crippen molar-refractivity contribution in [2.75, 3.05) is 12.4 Å². The van der Waals surface area contributed by atoms with Gasteiger partial charge in [0, 0.05) is 22.6 Å². The van der Waals surface area contributed by atoms with Crippen LogP contribution >= 0.6 is 11.8 Å². The van der Waals surface area contributed by atoms with Crippen LogP contribution in [0.2, 0.25) is 0 Å². The molecule has 3 aromatic carbocycles. The van der Waals surface area contributed by atoms with Gasteiger partial charge in [0.1, 0.15) is 0 Å². The van der Waals surface area contributed by atoms with Gasteiger partial charge in [-0.2, -0.15) is 0 Å². The summed E-state index contributed by atoms with van der Waals surface area (Å²) >= 11 is 1.76. The highest BCUT2D eigenvalue weighted by Gasteiger charge is 2.26. The third kappa shape index (κ3) is 3.49. The van der Waals surface area contributed by atoms with Crippen molar-refractivity contribution in [3.8, 4) is 28.2 Å². The molecule has 4 aromatic rings. The van der Waals surface area contributed by atoms with Crippen LogP contribution in [0.3, 0.4) is 0 Å². The maximum atomic E-state index is 5.42. The zero-order valence-corrected chi connectivity index (χ0v) is 16.2. The number of benzene rings is 3. The lowest BCUT2D eigenvalue weighted by atomic mass is 10.0. The zero-order valence-electron chi connectivity index (χ0n) is 15.4. The van der Waals surface area contributed by atoms with E-state index in [4.69, 9.17) is 9.72 Å². The number of imidazole rings is 1. The van der Waals surface area contributed by atoms with E-state index in [0.717, 1.165) is 45.7 Å². The van der Waals surface area contributed by atoms with Crippen molar-refractivity contribution in [2.24, 2.45) is 0 Å². The van der Waals surface area contributed by atoms with Crippen LogP contribution in [0.5, 0.6) is 0 Å². The quantitative estimate of drug-likeness (QED) is 0.316. The fourth-order valence-electron chi connectivity index (χ4n) is 3.30. The molecule has 1 saturated heterocycles. The monoisotopic (exact) mass is 384 g/mol. The summed E-state index contributed by atoms with van der Waals surface area (Å²) in [6, 6.07) is 31.4. The lowest BCUT2D eigenvalue weighted by Gasteiger charge is -2.13. The van der Waals surface area contributed by atoms with E-state index in [0.29, 0.717) is 6.10 Å². The van der Waals surface area contributed by atoms with Gasteiger partial charge in [-0.15, -0.1) is 0 Å². The Labute approximate surface area is 169 Å². The number of rotatable bonds is 6. The van der Waals surface area contributed by atoms with E-state index in [1.54, 1.807) is 11.8 Å². The van der Waals surface area contributed by atoms with E-state index in [1.807, 2.05) is 12.1 Å². The minimum atomic E-state index is 0.353. The molecule has 0 saturated carbocycles. The number of thioether (sulfide) groups is 1. The van der Waals surface area contributed by atoms with Crippen molar-refractivity contribution in [3.05, 3.63) is 91.0 Å². The highest BCUT2D eigenvalue weighted by Crippen LogP contribution is 2.38. The second kappa shape index (κ2) is 7.66. The van der Waals surface area contributed by atoms with E-state index in [9.17, 15) is 0 Å². The number of aromatic nitrogens is 2. The average molecular weight is 385 g/mol. The first-order valence-electron chi connectivity index (χ1n) is 9.43. The first-order chi connectivity index (χ1) is 13.9. The van der Waals surface area contributed by atoms with Crippen LogP contribution in [0.1, 0.15) is 0 Å². The summed E-state index contributed by atoms with van der Waals surface area (Å²) in [6.45, 7) is 0.857. The topological polar surface area (TPSA) is 30.4 Å². The number of nitrogens with zero attached hydrogens (tertiary/aromatic N) is 2. The van der Waals surface area contributed by atoms with Gasteiger partial charge in [0.2, 0.25) is 0 Å². The van der Waals surface area contributed by atoms with Crippen molar-refractivity contribution in [1.82, 2.24) is 9.55 Å². The van der Waals surface area contributed by atoms with E-state index in [1.165, 1.54) is 0 Å². The molecule has 0 aliphatic carbocycles. The highest BCUT2D eigenvalue weighted by molar-refractivity contribution is 7.99. The fourth-order valence-corrected chi connectivity index (χ4v) is 4.31. The van der Waals surface area contributed by atoms with Crippen molar-refractivity contribution in [1.29, 1.82) is 0 Å². The Morgan fingerprint density at radius 2 is 1.39 bits per heavy atom. The summed E-state index contributed by atoms with van der Waals surface area (Å²) in [5.41, 5.74) is 5.54. The molecule has 1 unspecified atom stereocenters. The van der Waals surface area contributed by atoms with Crippen LogP contribution < -0.4 is 0 Å². The molecular formula is C24H20N2OS. The van der Waals surface area contributed by atoms with Gasteiger partial charge in [-0.05, 0) is 12.1 Å². The lowest BCUT2D eigenvalue weighted by Crippen LogP contribution is -2.00. The van der Waals surface area contributed by atoms with Crippen molar-refractivity contribution < 1.29 is 4.74 Å². The van der Waals surface area contributed by atoms with Gasteiger partial charge in [-0.3, -0.25) is 4.57 Å². The number of epoxide rings is 1. The minimum Gasteiger partial charge on any atom is -0.372 e. The van der Waals surface area contributed by atoms with Crippen LogP contribution in [0.4, 0.5) is 0 Å². The Morgan fingerprint density at radius 3 is 2.00 bits per heavy atom. The normalized spacial score (nSPS) is 15.5. The van der Waals surface area contributed by atoms with Crippen LogP contribution in [-0.4, -0.2) is 28.0 Å². The van der Waals surface area contributed by atoms with E-state index in [-0.39, 0.29) is 0 Å². The van der Waals surface area contributed by atoms with E-state index in [2.05, 4.69) is 83.4 Å². The molecule has 0 spiro atoms. The first-order valence-corrected chi connectivity index (χ1v) is 10.4. The molecule has 4 heteroatoms. The predicted molar refractivity (Wildman–Crippen MR) is 115 cm³/mol. The largest absolute Gasteiger partial charge is 0.372 e. The number of hydrogen-bond donors (Lipinski definition) is 0. The van der Waals surface area contributed by atoms with Crippen LogP contribution in [0.25, 0.3) is 28.2 Å². The molecule has 0 radical (unpaired) electrons. The lowest BCUT2D eigenvalue weighted by molar-refractivity contribution is 0.426. The third-order valence-electron chi connectivity index (χ3n) is 4.76. The van der Waals surface area contributed by atoms with Crippen molar-refractivity contribution in [2.45, 2.75) is 11.3 Å². The predicted octanol–water partition coefficient (Wildman–Crippen LogP) is 5.70. The Bertz CT molecular complexity index is 1060. The Hall–Kier alpha value is -2.82. The molecule has 138 valence electrons. The molecule has 0 N–H and O–H groups in total. The number of para-hydroxylation sites is 1. The van der Waals surface area contributed by atoms with E-state index < -0.39 is 0 Å². The molecule has 1 aliphatic heterocycles. The third-order valence-corrected chi connectivity index (χ3v) is 5.83. The second-order valence-corrected chi connectivity index (χ2v) is 7.75. The maximum Gasteiger partial charge on any atom is 0.173 e. The summed E-state index contributed by atoms with van der Waals surface area (Å²) in [7, 11) is 0. The summed E-state index contributed by atoms with van der Waals surface area (Å²) in [6.07, 6.45) is 0.353. The van der Waals surface area contributed by atoms with Crippen LogP contribution in [-0.2, 0) is 4.74 Å². The molecule has 0 amide bonds.